The Labute approximate surface area is 132 Å². The Bertz CT molecular complexity index is 629. The number of hydrogen-bond donors (Lipinski definition) is 2. The molecule has 0 bridgehead atoms. The maximum absolute atomic E-state index is 13.4. The van der Waals surface area contributed by atoms with Gasteiger partial charge in [-0.15, -0.1) is 0 Å². The molecule has 0 aliphatic heterocycles. The predicted molar refractivity (Wildman–Crippen MR) is 83.2 cm³/mol. The molecule has 0 aromatic heterocycles. The van der Waals surface area contributed by atoms with Crippen molar-refractivity contribution in [2.45, 2.75) is 6.54 Å². The molecule has 0 saturated carbocycles. The van der Waals surface area contributed by atoms with Gasteiger partial charge in [0, 0.05) is 27.8 Å². The topological polar surface area (TPSA) is 41.1 Å². The lowest BCUT2D eigenvalue weighted by Crippen LogP contribution is -2.29. The highest BCUT2D eigenvalue weighted by Crippen LogP contribution is 2.22. The van der Waals surface area contributed by atoms with Crippen LogP contribution in [0.5, 0.6) is 0 Å². The third kappa shape index (κ3) is 4.92. The van der Waals surface area contributed by atoms with Crippen LogP contribution in [0.4, 0.5) is 10.1 Å². The first-order chi connectivity index (χ1) is 10.0. The normalized spacial score (nSPS) is 10.2. The second-order valence-corrected chi connectivity index (χ2v) is 5.25. The van der Waals surface area contributed by atoms with Gasteiger partial charge < -0.3 is 10.6 Å². The van der Waals surface area contributed by atoms with Gasteiger partial charge in [-0.3, -0.25) is 4.79 Å². The second-order valence-electron chi connectivity index (χ2n) is 4.38. The lowest BCUT2D eigenvalue weighted by molar-refractivity contribution is -0.119. The van der Waals surface area contributed by atoms with Crippen LogP contribution in [0.3, 0.4) is 0 Å². The molecular formula is C15H13Cl2FN2O. The van der Waals surface area contributed by atoms with Crippen molar-refractivity contribution in [2.24, 2.45) is 0 Å². The van der Waals surface area contributed by atoms with E-state index in [-0.39, 0.29) is 24.8 Å². The first-order valence-corrected chi connectivity index (χ1v) is 7.00. The first-order valence-electron chi connectivity index (χ1n) is 6.24. The van der Waals surface area contributed by atoms with Gasteiger partial charge in [0.25, 0.3) is 0 Å². The molecular weight excluding hydrogens is 314 g/mol. The number of anilines is 1. The molecule has 0 spiro atoms. The molecule has 0 fully saturated rings. The van der Waals surface area contributed by atoms with Gasteiger partial charge in [-0.05, 0) is 24.3 Å². The van der Waals surface area contributed by atoms with Gasteiger partial charge in [-0.25, -0.2) is 4.39 Å². The minimum absolute atomic E-state index is 0.0467. The van der Waals surface area contributed by atoms with Crippen molar-refractivity contribution in [2.75, 3.05) is 11.9 Å². The number of carbonyl (C=O) groups excluding carboxylic acids is 1. The molecule has 0 heterocycles. The monoisotopic (exact) mass is 326 g/mol. The number of halogens is 3. The Balaban J connectivity index is 1.84. The van der Waals surface area contributed by atoms with Crippen LogP contribution in [-0.4, -0.2) is 12.5 Å². The zero-order valence-electron chi connectivity index (χ0n) is 11.0. The summed E-state index contributed by atoms with van der Waals surface area (Å²) in [4.78, 5) is 11.7. The number of rotatable bonds is 5. The molecule has 3 nitrogen and oxygen atoms in total. The predicted octanol–water partition coefficient (Wildman–Crippen LogP) is 3.86. The van der Waals surface area contributed by atoms with Crippen LogP contribution in [0, 0.1) is 5.82 Å². The lowest BCUT2D eigenvalue weighted by Gasteiger charge is -2.09. The Hall–Kier alpha value is -1.78. The molecule has 0 aliphatic carbocycles. The van der Waals surface area contributed by atoms with Crippen LogP contribution in [-0.2, 0) is 11.3 Å². The fourth-order valence-electron chi connectivity index (χ4n) is 1.74. The van der Waals surface area contributed by atoms with Gasteiger partial charge in [0.2, 0.25) is 5.91 Å². The molecule has 110 valence electrons. The van der Waals surface area contributed by atoms with E-state index in [1.807, 2.05) is 0 Å². The highest BCUT2D eigenvalue weighted by molar-refractivity contribution is 6.35. The highest BCUT2D eigenvalue weighted by Gasteiger charge is 2.05. The van der Waals surface area contributed by atoms with E-state index >= 15 is 0 Å². The fraction of sp³-hybridized carbons (Fsp3) is 0.133. The zero-order valence-corrected chi connectivity index (χ0v) is 12.5. The van der Waals surface area contributed by atoms with Crippen LogP contribution in [0.15, 0.2) is 42.5 Å². The largest absolute Gasteiger partial charge is 0.376 e. The molecule has 1 amide bonds. The number of benzene rings is 2. The minimum Gasteiger partial charge on any atom is -0.376 e. The molecule has 0 saturated heterocycles. The molecule has 2 aromatic carbocycles. The van der Waals surface area contributed by atoms with Crippen molar-refractivity contribution in [1.82, 2.24) is 5.32 Å². The molecule has 21 heavy (non-hydrogen) atoms. The third-order valence-electron chi connectivity index (χ3n) is 2.75. The summed E-state index contributed by atoms with van der Waals surface area (Å²) in [6.45, 7) is 0.189. The molecule has 0 radical (unpaired) electrons. The fourth-order valence-corrected chi connectivity index (χ4v) is 2.26. The van der Waals surface area contributed by atoms with Crippen molar-refractivity contribution in [3.63, 3.8) is 0 Å². The van der Waals surface area contributed by atoms with E-state index in [1.54, 1.807) is 36.4 Å². The number of amides is 1. The number of hydrogen-bond acceptors (Lipinski definition) is 2. The van der Waals surface area contributed by atoms with E-state index in [1.165, 1.54) is 6.07 Å². The summed E-state index contributed by atoms with van der Waals surface area (Å²) in [5.74, 6) is -0.596. The highest BCUT2D eigenvalue weighted by atomic mass is 35.5. The van der Waals surface area contributed by atoms with E-state index in [9.17, 15) is 9.18 Å². The number of nitrogens with one attached hydrogen (secondary N) is 2. The first kappa shape index (κ1) is 15.6. The van der Waals surface area contributed by atoms with Crippen molar-refractivity contribution >= 4 is 34.8 Å². The van der Waals surface area contributed by atoms with E-state index in [4.69, 9.17) is 23.2 Å². The van der Waals surface area contributed by atoms with Crippen LogP contribution < -0.4 is 10.6 Å². The van der Waals surface area contributed by atoms with Crippen LogP contribution in [0.1, 0.15) is 5.56 Å². The summed E-state index contributed by atoms with van der Waals surface area (Å²) in [5, 5.41) is 6.50. The Morgan fingerprint density at radius 1 is 1.10 bits per heavy atom. The average molecular weight is 327 g/mol. The third-order valence-corrected chi connectivity index (χ3v) is 3.19. The maximum atomic E-state index is 13.4. The summed E-state index contributed by atoms with van der Waals surface area (Å²) in [5.41, 5.74) is 1.09. The Morgan fingerprint density at radius 2 is 1.76 bits per heavy atom. The lowest BCUT2D eigenvalue weighted by atomic mass is 10.2. The summed E-state index contributed by atoms with van der Waals surface area (Å²) >= 11 is 11.7. The van der Waals surface area contributed by atoms with Crippen LogP contribution >= 0.6 is 23.2 Å². The second kappa shape index (κ2) is 7.29. The van der Waals surface area contributed by atoms with Crippen LogP contribution in [0.25, 0.3) is 0 Å². The molecule has 6 heteroatoms. The van der Waals surface area contributed by atoms with Crippen molar-refractivity contribution in [3.8, 4) is 0 Å². The standard InChI is InChI=1S/C15H13Cl2FN2O/c16-11-5-12(17)7-13(6-11)19-9-15(21)20-8-10-3-1-2-4-14(10)18/h1-7,19H,8-9H2,(H,20,21). The average Bonchev–Trinajstić information content (AvgIpc) is 2.43. The number of carbonyl (C=O) groups is 1. The van der Waals surface area contributed by atoms with Gasteiger partial charge in [0.1, 0.15) is 5.82 Å². The zero-order chi connectivity index (χ0) is 15.2. The molecule has 2 rings (SSSR count). The Kier molecular flexibility index (Phi) is 5.42. The Morgan fingerprint density at radius 3 is 2.43 bits per heavy atom. The summed E-state index contributed by atoms with van der Waals surface area (Å²) in [6, 6.07) is 11.2. The van der Waals surface area contributed by atoms with Gasteiger partial charge in [0.15, 0.2) is 0 Å². The SMILES string of the molecule is O=C(CNc1cc(Cl)cc(Cl)c1)NCc1ccccc1F. The van der Waals surface area contributed by atoms with Gasteiger partial charge in [0.05, 0.1) is 6.54 Å². The summed E-state index contributed by atoms with van der Waals surface area (Å²) in [7, 11) is 0. The molecule has 2 N–H and O–H groups in total. The van der Waals surface area contributed by atoms with Gasteiger partial charge in [-0.1, -0.05) is 41.4 Å². The van der Waals surface area contributed by atoms with Crippen LogP contribution in [0.2, 0.25) is 10.0 Å². The van der Waals surface area contributed by atoms with E-state index in [2.05, 4.69) is 10.6 Å². The van der Waals surface area contributed by atoms with E-state index in [0.29, 0.717) is 21.3 Å². The van der Waals surface area contributed by atoms with Crippen molar-refractivity contribution in [3.05, 3.63) is 63.9 Å². The van der Waals surface area contributed by atoms with Crippen molar-refractivity contribution < 1.29 is 9.18 Å². The maximum Gasteiger partial charge on any atom is 0.239 e. The van der Waals surface area contributed by atoms with E-state index < -0.39 is 0 Å². The quantitative estimate of drug-likeness (QED) is 0.875. The molecule has 0 aliphatic rings. The smallest absolute Gasteiger partial charge is 0.239 e. The molecule has 0 atom stereocenters. The minimum atomic E-state index is -0.340. The summed E-state index contributed by atoms with van der Waals surface area (Å²) < 4.78 is 13.4. The van der Waals surface area contributed by atoms with E-state index in [0.717, 1.165) is 0 Å². The molecule has 0 unspecified atom stereocenters. The van der Waals surface area contributed by atoms with Crippen molar-refractivity contribution in [1.29, 1.82) is 0 Å². The van der Waals surface area contributed by atoms with Gasteiger partial charge >= 0.3 is 0 Å². The molecule has 2 aromatic rings. The van der Waals surface area contributed by atoms with Gasteiger partial charge in [-0.2, -0.15) is 0 Å². The summed E-state index contributed by atoms with van der Waals surface area (Å²) in [6.07, 6.45) is 0.